The summed E-state index contributed by atoms with van der Waals surface area (Å²) in [6.07, 6.45) is 2.06. The Morgan fingerprint density at radius 3 is 2.53 bits per heavy atom. The second-order valence-corrected chi connectivity index (χ2v) is 4.27. The van der Waals surface area contributed by atoms with E-state index in [2.05, 4.69) is 17.5 Å². The molecule has 3 heteroatoms. The summed E-state index contributed by atoms with van der Waals surface area (Å²) >= 11 is 0. The molecule has 0 atom stereocenters. The Balaban J connectivity index is 2.04. The highest BCUT2D eigenvalue weighted by Gasteiger charge is 2.18. The number of ether oxygens (including phenoxy) is 2. The quantitative estimate of drug-likeness (QED) is 0.838. The van der Waals surface area contributed by atoms with E-state index in [9.17, 15) is 0 Å². The Bertz CT molecular complexity index is 647. The van der Waals surface area contributed by atoms with E-state index in [1.54, 1.807) is 14.2 Å². The van der Waals surface area contributed by atoms with Crippen LogP contribution < -0.4 is 14.8 Å². The Hall–Kier alpha value is -2.42. The lowest BCUT2D eigenvalue weighted by Crippen LogP contribution is -1.97. The molecular weight excluding hydrogens is 238 g/mol. The molecule has 1 aliphatic heterocycles. The molecule has 0 amide bonds. The van der Waals surface area contributed by atoms with Crippen LogP contribution in [0.5, 0.6) is 11.5 Å². The summed E-state index contributed by atoms with van der Waals surface area (Å²) in [6, 6.07) is 13.8. The molecule has 2 aromatic carbocycles. The van der Waals surface area contributed by atoms with E-state index in [4.69, 9.17) is 9.47 Å². The van der Waals surface area contributed by atoms with Gasteiger partial charge in [0.2, 0.25) is 0 Å². The van der Waals surface area contributed by atoms with E-state index in [1.165, 1.54) is 0 Å². The molecule has 0 fully saturated rings. The van der Waals surface area contributed by atoms with Crippen LogP contribution in [0.2, 0.25) is 0 Å². The molecule has 1 aliphatic rings. The van der Waals surface area contributed by atoms with E-state index < -0.39 is 0 Å². The average Bonchev–Trinajstić information content (AvgIpc) is 2.90. The van der Waals surface area contributed by atoms with E-state index >= 15 is 0 Å². The van der Waals surface area contributed by atoms with E-state index in [0.29, 0.717) is 0 Å². The summed E-state index contributed by atoms with van der Waals surface area (Å²) in [5, 5.41) is 4.63. The van der Waals surface area contributed by atoms with Crippen LogP contribution in [0.3, 0.4) is 0 Å². The molecule has 0 saturated heterocycles. The minimum Gasteiger partial charge on any atom is -0.497 e. The van der Waals surface area contributed by atoms with Gasteiger partial charge >= 0.3 is 0 Å². The summed E-state index contributed by atoms with van der Waals surface area (Å²) < 4.78 is 10.7. The van der Waals surface area contributed by atoms with Crippen LogP contribution in [-0.2, 0) is 0 Å². The third-order valence-electron chi connectivity index (χ3n) is 3.15. The molecule has 19 heavy (non-hydrogen) atoms. The van der Waals surface area contributed by atoms with Crippen molar-refractivity contribution in [2.75, 3.05) is 14.2 Å². The van der Waals surface area contributed by atoms with Crippen molar-refractivity contribution in [3.05, 3.63) is 53.6 Å². The highest BCUT2D eigenvalue weighted by Crippen LogP contribution is 2.37. The van der Waals surface area contributed by atoms with E-state index in [0.717, 1.165) is 34.0 Å². The van der Waals surface area contributed by atoms with Gasteiger partial charge in [0.05, 0.1) is 25.6 Å². The van der Waals surface area contributed by atoms with Crippen LogP contribution in [0.15, 0.2) is 42.5 Å². The zero-order valence-corrected chi connectivity index (χ0v) is 10.9. The molecule has 0 N–H and O–H groups in total. The zero-order valence-electron chi connectivity index (χ0n) is 10.9. The lowest BCUT2D eigenvalue weighted by molar-refractivity contribution is 0.402. The fourth-order valence-electron chi connectivity index (χ4n) is 2.17. The van der Waals surface area contributed by atoms with Crippen LogP contribution in [0.1, 0.15) is 11.1 Å². The molecule has 1 heterocycles. The Labute approximate surface area is 112 Å². The molecular formula is C16H14NO2. The second kappa shape index (κ2) is 4.69. The van der Waals surface area contributed by atoms with Gasteiger partial charge in [0.25, 0.3) is 0 Å². The van der Waals surface area contributed by atoms with E-state index in [-0.39, 0.29) is 0 Å². The fourth-order valence-corrected chi connectivity index (χ4v) is 2.17. The van der Waals surface area contributed by atoms with Crippen molar-refractivity contribution < 1.29 is 9.47 Å². The minimum absolute atomic E-state index is 0.794. The van der Waals surface area contributed by atoms with Gasteiger partial charge in [-0.1, -0.05) is 18.2 Å². The van der Waals surface area contributed by atoms with Gasteiger partial charge in [-0.25, -0.2) is 5.32 Å². The molecule has 0 bridgehead atoms. The SMILES string of the molecule is COc1ccc(OC)c(C2=Cc3ccccc3[N]2)c1. The van der Waals surface area contributed by atoms with Crippen molar-refractivity contribution in [3.8, 4) is 11.5 Å². The predicted molar refractivity (Wildman–Crippen MR) is 75.7 cm³/mol. The highest BCUT2D eigenvalue weighted by molar-refractivity contribution is 5.93. The van der Waals surface area contributed by atoms with Crippen LogP contribution in [0.4, 0.5) is 5.69 Å². The van der Waals surface area contributed by atoms with Gasteiger partial charge in [-0.3, -0.25) is 0 Å². The van der Waals surface area contributed by atoms with Crippen LogP contribution >= 0.6 is 0 Å². The molecule has 0 spiro atoms. The number of rotatable bonds is 3. The van der Waals surface area contributed by atoms with Crippen molar-refractivity contribution in [2.45, 2.75) is 0 Å². The molecule has 0 unspecified atom stereocenters. The van der Waals surface area contributed by atoms with Crippen molar-refractivity contribution in [1.29, 1.82) is 0 Å². The summed E-state index contributed by atoms with van der Waals surface area (Å²) in [5.74, 6) is 1.59. The first kappa shape index (κ1) is 11.7. The van der Waals surface area contributed by atoms with E-state index in [1.807, 2.05) is 36.4 Å². The predicted octanol–water partition coefficient (Wildman–Crippen LogP) is 3.45. The Kier molecular flexibility index (Phi) is 2.88. The van der Waals surface area contributed by atoms with Crippen LogP contribution in [-0.4, -0.2) is 14.2 Å². The first-order chi connectivity index (χ1) is 9.31. The van der Waals surface area contributed by atoms with Crippen LogP contribution in [0, 0.1) is 0 Å². The van der Waals surface area contributed by atoms with Crippen LogP contribution in [0.25, 0.3) is 11.8 Å². The lowest BCUT2D eigenvalue weighted by atomic mass is 10.1. The number of benzene rings is 2. The maximum absolute atomic E-state index is 5.40. The fraction of sp³-hybridized carbons (Fsp3) is 0.125. The summed E-state index contributed by atoms with van der Waals surface area (Å²) in [6.45, 7) is 0. The zero-order chi connectivity index (χ0) is 13.2. The van der Waals surface area contributed by atoms with Crippen molar-refractivity contribution >= 4 is 17.5 Å². The number of fused-ring (bicyclic) bond motifs is 1. The van der Waals surface area contributed by atoms with Gasteiger partial charge in [-0.2, -0.15) is 0 Å². The summed E-state index contributed by atoms with van der Waals surface area (Å²) in [5.41, 5.74) is 3.96. The normalized spacial score (nSPS) is 12.4. The number of hydrogen-bond donors (Lipinski definition) is 0. The maximum Gasteiger partial charge on any atom is 0.128 e. The molecule has 3 nitrogen and oxygen atoms in total. The standard InChI is InChI=1S/C16H14NO2/c1-18-12-7-8-16(19-2)13(10-12)15-9-11-5-3-4-6-14(11)17-15/h3-10H,1-2H3. The number of hydrogen-bond acceptors (Lipinski definition) is 2. The topological polar surface area (TPSA) is 32.6 Å². The average molecular weight is 252 g/mol. The minimum atomic E-state index is 0.794. The molecule has 95 valence electrons. The third-order valence-corrected chi connectivity index (χ3v) is 3.15. The van der Waals surface area contributed by atoms with Gasteiger partial charge < -0.3 is 9.47 Å². The van der Waals surface area contributed by atoms with Gasteiger partial charge in [0.15, 0.2) is 0 Å². The molecule has 0 aromatic heterocycles. The largest absolute Gasteiger partial charge is 0.497 e. The third kappa shape index (κ3) is 2.03. The number of para-hydroxylation sites is 1. The van der Waals surface area contributed by atoms with Crippen molar-refractivity contribution in [1.82, 2.24) is 5.32 Å². The molecule has 0 saturated carbocycles. The summed E-state index contributed by atoms with van der Waals surface area (Å²) in [7, 11) is 3.31. The molecule has 3 rings (SSSR count). The molecule has 0 aliphatic carbocycles. The smallest absolute Gasteiger partial charge is 0.128 e. The molecule has 2 aromatic rings. The van der Waals surface area contributed by atoms with Gasteiger partial charge in [-0.05, 0) is 30.3 Å². The lowest BCUT2D eigenvalue weighted by Gasteiger charge is -2.10. The summed E-state index contributed by atoms with van der Waals surface area (Å²) in [4.78, 5) is 0. The monoisotopic (exact) mass is 252 g/mol. The highest BCUT2D eigenvalue weighted by atomic mass is 16.5. The molecule has 1 radical (unpaired) electrons. The van der Waals surface area contributed by atoms with Gasteiger partial charge in [-0.15, -0.1) is 0 Å². The number of nitrogens with zero attached hydrogens (tertiary/aromatic N) is 1. The van der Waals surface area contributed by atoms with Crippen molar-refractivity contribution in [2.24, 2.45) is 0 Å². The number of methoxy groups -OCH3 is 2. The second-order valence-electron chi connectivity index (χ2n) is 4.27. The first-order valence-electron chi connectivity index (χ1n) is 6.06. The Morgan fingerprint density at radius 1 is 0.947 bits per heavy atom. The van der Waals surface area contributed by atoms with Gasteiger partial charge in [0, 0.05) is 11.1 Å². The maximum atomic E-state index is 5.40. The van der Waals surface area contributed by atoms with Crippen molar-refractivity contribution in [3.63, 3.8) is 0 Å². The first-order valence-corrected chi connectivity index (χ1v) is 6.06. The Morgan fingerprint density at radius 2 is 1.79 bits per heavy atom. The van der Waals surface area contributed by atoms with Gasteiger partial charge in [0.1, 0.15) is 11.5 Å².